The maximum Gasteiger partial charge on any atom is 0.389 e. The van der Waals surface area contributed by atoms with E-state index in [0.29, 0.717) is 25.0 Å². The fourth-order valence-corrected chi connectivity index (χ4v) is 3.07. The second-order valence-corrected chi connectivity index (χ2v) is 5.54. The third kappa shape index (κ3) is 5.13. The third-order valence-electron chi connectivity index (χ3n) is 4.18. The molecule has 0 aliphatic carbocycles. The summed E-state index contributed by atoms with van der Waals surface area (Å²) in [5.74, 6) is 0.226. The molecule has 0 aromatic carbocycles. The predicted octanol–water partition coefficient (Wildman–Crippen LogP) is 2.74. The van der Waals surface area contributed by atoms with Crippen molar-refractivity contribution >= 4 is 18.3 Å². The summed E-state index contributed by atoms with van der Waals surface area (Å²) in [7, 11) is 0. The summed E-state index contributed by atoms with van der Waals surface area (Å²) >= 11 is 0. The van der Waals surface area contributed by atoms with E-state index in [9.17, 15) is 18.0 Å². The molecule has 2 heterocycles. The largest absolute Gasteiger partial charge is 0.389 e. The van der Waals surface area contributed by atoms with Gasteiger partial charge in [0, 0.05) is 25.6 Å². The number of alkyl halides is 3. The minimum Gasteiger partial charge on any atom is -0.343 e. The lowest BCUT2D eigenvalue weighted by molar-refractivity contribution is -0.149. The number of nitrogens with one attached hydrogen (secondary N) is 1. The Labute approximate surface area is 123 Å². The van der Waals surface area contributed by atoms with E-state index in [-0.39, 0.29) is 18.3 Å². The highest BCUT2D eigenvalue weighted by atomic mass is 35.5. The average Bonchev–Trinajstić information content (AvgIpc) is 2.89. The molecule has 2 saturated heterocycles. The van der Waals surface area contributed by atoms with Crippen LogP contribution in [0.2, 0.25) is 0 Å². The zero-order valence-electron chi connectivity index (χ0n) is 11.4. The van der Waals surface area contributed by atoms with Gasteiger partial charge in [-0.2, -0.15) is 13.2 Å². The molecule has 20 heavy (non-hydrogen) atoms. The van der Waals surface area contributed by atoms with Crippen molar-refractivity contribution in [1.29, 1.82) is 0 Å². The fourth-order valence-electron chi connectivity index (χ4n) is 3.07. The number of amides is 1. The number of piperidine rings is 1. The average molecular weight is 315 g/mol. The van der Waals surface area contributed by atoms with Crippen LogP contribution >= 0.6 is 12.4 Å². The SMILES string of the molecule is Cl.O=C(CCC(F)(F)F)N1CCC(C2CCCN2)CC1. The molecule has 1 unspecified atom stereocenters. The first-order chi connectivity index (χ1) is 8.96. The fraction of sp³-hybridized carbons (Fsp3) is 0.923. The Bertz CT molecular complexity index is 311. The number of hydrogen-bond donors (Lipinski definition) is 1. The lowest BCUT2D eigenvalue weighted by Gasteiger charge is -2.35. The molecule has 0 bridgehead atoms. The molecule has 0 saturated carbocycles. The summed E-state index contributed by atoms with van der Waals surface area (Å²) in [4.78, 5) is 13.3. The highest BCUT2D eigenvalue weighted by molar-refractivity contribution is 5.85. The van der Waals surface area contributed by atoms with E-state index in [1.165, 1.54) is 12.8 Å². The summed E-state index contributed by atoms with van der Waals surface area (Å²) in [6, 6.07) is 0.549. The number of hydrogen-bond acceptors (Lipinski definition) is 2. The van der Waals surface area contributed by atoms with Crippen molar-refractivity contribution in [3.05, 3.63) is 0 Å². The van der Waals surface area contributed by atoms with Crippen LogP contribution in [0, 0.1) is 5.92 Å². The van der Waals surface area contributed by atoms with E-state index in [4.69, 9.17) is 0 Å². The van der Waals surface area contributed by atoms with Gasteiger partial charge in [0.05, 0.1) is 6.42 Å². The molecular formula is C13H22ClF3N2O. The summed E-state index contributed by atoms with van der Waals surface area (Å²) in [6.45, 7) is 2.29. The number of likely N-dealkylation sites (tertiary alicyclic amines) is 1. The number of carbonyl (C=O) groups is 1. The van der Waals surface area contributed by atoms with Gasteiger partial charge in [0.25, 0.3) is 0 Å². The lowest BCUT2D eigenvalue weighted by Crippen LogP contribution is -2.43. The van der Waals surface area contributed by atoms with E-state index >= 15 is 0 Å². The Hall–Kier alpha value is -0.490. The zero-order chi connectivity index (χ0) is 13.9. The highest BCUT2D eigenvalue weighted by Gasteiger charge is 2.32. The van der Waals surface area contributed by atoms with Gasteiger partial charge in [0.1, 0.15) is 0 Å². The first-order valence-electron chi connectivity index (χ1n) is 7.03. The molecule has 1 atom stereocenters. The van der Waals surface area contributed by atoms with Crippen LogP contribution in [0.3, 0.4) is 0 Å². The van der Waals surface area contributed by atoms with Gasteiger partial charge in [0.2, 0.25) is 5.91 Å². The predicted molar refractivity (Wildman–Crippen MR) is 72.9 cm³/mol. The lowest BCUT2D eigenvalue weighted by atomic mass is 9.88. The smallest absolute Gasteiger partial charge is 0.343 e. The van der Waals surface area contributed by atoms with Crippen LogP contribution in [0.25, 0.3) is 0 Å². The maximum atomic E-state index is 12.1. The molecule has 2 rings (SSSR count). The van der Waals surface area contributed by atoms with E-state index in [0.717, 1.165) is 19.4 Å². The van der Waals surface area contributed by atoms with Gasteiger partial charge in [-0.25, -0.2) is 0 Å². The van der Waals surface area contributed by atoms with Crippen LogP contribution in [-0.4, -0.2) is 42.7 Å². The van der Waals surface area contributed by atoms with Crippen LogP contribution in [0.5, 0.6) is 0 Å². The molecular weight excluding hydrogens is 293 g/mol. The number of halogens is 4. The zero-order valence-corrected chi connectivity index (χ0v) is 12.2. The minimum absolute atomic E-state index is 0. The molecule has 3 nitrogen and oxygen atoms in total. The van der Waals surface area contributed by atoms with Crippen LogP contribution < -0.4 is 5.32 Å². The van der Waals surface area contributed by atoms with E-state index in [1.807, 2.05) is 0 Å². The van der Waals surface area contributed by atoms with Gasteiger partial charge < -0.3 is 10.2 Å². The summed E-state index contributed by atoms with van der Waals surface area (Å²) < 4.78 is 36.2. The van der Waals surface area contributed by atoms with Crippen molar-refractivity contribution in [2.75, 3.05) is 19.6 Å². The molecule has 2 fully saturated rings. The maximum absolute atomic E-state index is 12.1. The van der Waals surface area contributed by atoms with Gasteiger partial charge in [-0.05, 0) is 38.1 Å². The van der Waals surface area contributed by atoms with Gasteiger partial charge in [-0.3, -0.25) is 4.79 Å². The molecule has 0 spiro atoms. The van der Waals surface area contributed by atoms with Gasteiger partial charge in [0.15, 0.2) is 0 Å². The Morgan fingerprint density at radius 2 is 1.85 bits per heavy atom. The Kier molecular flexibility index (Phi) is 6.58. The van der Waals surface area contributed by atoms with Crippen molar-refractivity contribution < 1.29 is 18.0 Å². The molecule has 2 aliphatic heterocycles. The van der Waals surface area contributed by atoms with Gasteiger partial charge >= 0.3 is 6.18 Å². The molecule has 118 valence electrons. The first kappa shape index (κ1) is 17.6. The molecule has 7 heteroatoms. The molecule has 2 aliphatic rings. The summed E-state index contributed by atoms with van der Waals surface area (Å²) in [5.41, 5.74) is 0. The van der Waals surface area contributed by atoms with Crippen LogP contribution in [0.1, 0.15) is 38.5 Å². The normalized spacial score (nSPS) is 24.6. The highest BCUT2D eigenvalue weighted by Crippen LogP contribution is 2.27. The molecule has 0 radical (unpaired) electrons. The van der Waals surface area contributed by atoms with Crippen molar-refractivity contribution in [2.24, 2.45) is 5.92 Å². The Morgan fingerprint density at radius 1 is 1.20 bits per heavy atom. The molecule has 1 N–H and O–H groups in total. The standard InChI is InChI=1S/C13H21F3N2O.ClH/c14-13(15,16)6-3-12(19)18-8-4-10(5-9-18)11-2-1-7-17-11;/h10-11,17H,1-9H2;1H. The van der Waals surface area contributed by atoms with Crippen LogP contribution in [0.15, 0.2) is 0 Å². The quantitative estimate of drug-likeness (QED) is 0.869. The summed E-state index contributed by atoms with van der Waals surface area (Å²) in [5, 5.41) is 3.46. The van der Waals surface area contributed by atoms with Crippen molar-refractivity contribution in [3.63, 3.8) is 0 Å². The Balaban J connectivity index is 0.00000200. The monoisotopic (exact) mass is 314 g/mol. The number of carbonyl (C=O) groups excluding carboxylic acids is 1. The van der Waals surface area contributed by atoms with Crippen molar-refractivity contribution in [2.45, 2.75) is 50.7 Å². The van der Waals surface area contributed by atoms with E-state index in [2.05, 4.69) is 5.32 Å². The topological polar surface area (TPSA) is 32.3 Å². The van der Waals surface area contributed by atoms with Crippen LogP contribution in [0.4, 0.5) is 13.2 Å². The number of rotatable bonds is 3. The summed E-state index contributed by atoms with van der Waals surface area (Å²) in [6.07, 6.45) is -1.43. The molecule has 0 aromatic rings. The van der Waals surface area contributed by atoms with Crippen molar-refractivity contribution in [3.8, 4) is 0 Å². The van der Waals surface area contributed by atoms with E-state index in [1.54, 1.807) is 4.90 Å². The van der Waals surface area contributed by atoms with Gasteiger partial charge in [-0.1, -0.05) is 0 Å². The number of nitrogens with zero attached hydrogens (tertiary/aromatic N) is 1. The first-order valence-corrected chi connectivity index (χ1v) is 7.03. The second-order valence-electron chi connectivity index (χ2n) is 5.54. The van der Waals surface area contributed by atoms with Crippen molar-refractivity contribution in [1.82, 2.24) is 10.2 Å². The van der Waals surface area contributed by atoms with Gasteiger partial charge in [-0.15, -0.1) is 12.4 Å². The minimum atomic E-state index is -4.23. The third-order valence-corrected chi connectivity index (χ3v) is 4.18. The van der Waals surface area contributed by atoms with E-state index < -0.39 is 19.0 Å². The van der Waals surface area contributed by atoms with Crippen LogP contribution in [-0.2, 0) is 4.79 Å². The Morgan fingerprint density at radius 3 is 2.35 bits per heavy atom. The second kappa shape index (κ2) is 7.50. The molecule has 0 aromatic heterocycles. The molecule has 1 amide bonds.